The van der Waals surface area contributed by atoms with E-state index in [1.54, 1.807) is 9.58 Å². The predicted octanol–water partition coefficient (Wildman–Crippen LogP) is 1.76. The molecule has 1 aliphatic heterocycles. The highest BCUT2D eigenvalue weighted by molar-refractivity contribution is 7.98. The minimum absolute atomic E-state index is 0.193. The molecule has 1 aliphatic rings. The van der Waals surface area contributed by atoms with E-state index in [1.807, 2.05) is 0 Å². The summed E-state index contributed by atoms with van der Waals surface area (Å²) in [5.74, 6) is 1.13. The standard InChI is InChI=1S/C14H21F3N8OS/c1-2-3-4-25-11(18-21-22-25)9-27-13-20-19-12(23-5-7-26-8-6-23)24(13)10-14(15,16)17/h2-10H2,1H3. The van der Waals surface area contributed by atoms with E-state index in [0.29, 0.717) is 44.4 Å². The van der Waals surface area contributed by atoms with E-state index < -0.39 is 12.7 Å². The normalized spacial score (nSPS) is 15.5. The second-order valence-electron chi connectivity index (χ2n) is 6.04. The van der Waals surface area contributed by atoms with Crippen LogP contribution >= 0.6 is 11.8 Å². The van der Waals surface area contributed by atoms with Gasteiger partial charge >= 0.3 is 6.18 Å². The lowest BCUT2D eigenvalue weighted by Crippen LogP contribution is -2.38. The van der Waals surface area contributed by atoms with Gasteiger partial charge in [-0.15, -0.1) is 15.3 Å². The van der Waals surface area contributed by atoms with E-state index in [1.165, 1.54) is 0 Å². The Morgan fingerprint density at radius 2 is 1.93 bits per heavy atom. The second-order valence-corrected chi connectivity index (χ2v) is 6.99. The summed E-state index contributed by atoms with van der Waals surface area (Å²) in [5, 5.41) is 19.7. The van der Waals surface area contributed by atoms with Crippen LogP contribution in [-0.2, 0) is 23.6 Å². The van der Waals surface area contributed by atoms with Crippen molar-refractivity contribution in [2.45, 2.75) is 49.9 Å². The Kier molecular flexibility index (Phi) is 6.52. The van der Waals surface area contributed by atoms with Crippen LogP contribution in [0.3, 0.4) is 0 Å². The summed E-state index contributed by atoms with van der Waals surface area (Å²) in [6, 6.07) is 0. The van der Waals surface area contributed by atoms with Crippen molar-refractivity contribution in [1.82, 2.24) is 35.0 Å². The number of aromatic nitrogens is 7. The fourth-order valence-corrected chi connectivity index (χ4v) is 3.51. The maximum absolute atomic E-state index is 13.1. The summed E-state index contributed by atoms with van der Waals surface area (Å²) in [4.78, 5) is 1.76. The molecule has 0 unspecified atom stereocenters. The minimum atomic E-state index is -4.37. The highest BCUT2D eigenvalue weighted by Crippen LogP contribution is 2.29. The number of anilines is 1. The van der Waals surface area contributed by atoms with E-state index in [0.717, 1.165) is 29.2 Å². The SMILES string of the molecule is CCCCn1nnnc1CSc1nnc(N2CCOCC2)n1CC(F)(F)F. The van der Waals surface area contributed by atoms with Crippen molar-refractivity contribution in [3.05, 3.63) is 5.82 Å². The average Bonchev–Trinajstić information content (AvgIpc) is 3.24. The van der Waals surface area contributed by atoms with Crippen molar-refractivity contribution in [2.24, 2.45) is 0 Å². The smallest absolute Gasteiger partial charge is 0.378 e. The van der Waals surface area contributed by atoms with Crippen molar-refractivity contribution in [3.63, 3.8) is 0 Å². The van der Waals surface area contributed by atoms with Gasteiger partial charge in [-0.25, -0.2) is 4.68 Å². The van der Waals surface area contributed by atoms with Gasteiger partial charge in [0.1, 0.15) is 6.54 Å². The van der Waals surface area contributed by atoms with Crippen molar-refractivity contribution in [1.29, 1.82) is 0 Å². The number of rotatable bonds is 8. The number of aryl methyl sites for hydroxylation is 1. The lowest BCUT2D eigenvalue weighted by Gasteiger charge is -2.28. The van der Waals surface area contributed by atoms with Crippen LogP contribution in [0, 0.1) is 0 Å². The van der Waals surface area contributed by atoms with Gasteiger partial charge in [0.15, 0.2) is 11.0 Å². The number of halogens is 3. The minimum Gasteiger partial charge on any atom is -0.378 e. The second kappa shape index (κ2) is 8.87. The zero-order chi connectivity index (χ0) is 19.3. The lowest BCUT2D eigenvalue weighted by atomic mass is 10.3. The Labute approximate surface area is 158 Å². The molecule has 0 aromatic carbocycles. The van der Waals surface area contributed by atoms with E-state index >= 15 is 0 Å². The van der Waals surface area contributed by atoms with E-state index in [9.17, 15) is 13.2 Å². The summed E-state index contributed by atoms with van der Waals surface area (Å²) in [7, 11) is 0. The Bertz CT molecular complexity index is 728. The van der Waals surface area contributed by atoms with Gasteiger partial charge in [-0.1, -0.05) is 25.1 Å². The summed E-state index contributed by atoms with van der Waals surface area (Å²) < 4.78 is 47.3. The van der Waals surface area contributed by atoms with Crippen LogP contribution in [0.1, 0.15) is 25.6 Å². The molecule has 0 saturated carbocycles. The molecule has 0 N–H and O–H groups in total. The largest absolute Gasteiger partial charge is 0.406 e. The topological polar surface area (TPSA) is 86.8 Å². The molecule has 2 aromatic heterocycles. The molecule has 9 nitrogen and oxygen atoms in total. The van der Waals surface area contributed by atoms with Gasteiger partial charge in [0, 0.05) is 19.6 Å². The number of nitrogens with zero attached hydrogens (tertiary/aromatic N) is 8. The van der Waals surface area contributed by atoms with Crippen molar-refractivity contribution in [2.75, 3.05) is 31.2 Å². The molecule has 27 heavy (non-hydrogen) atoms. The van der Waals surface area contributed by atoms with Crippen LogP contribution in [0.15, 0.2) is 5.16 Å². The number of thioether (sulfide) groups is 1. The van der Waals surface area contributed by atoms with Gasteiger partial charge in [-0.3, -0.25) is 4.57 Å². The highest BCUT2D eigenvalue weighted by Gasteiger charge is 2.33. The maximum atomic E-state index is 13.1. The van der Waals surface area contributed by atoms with Crippen LogP contribution in [0.4, 0.5) is 19.1 Å². The molecule has 1 saturated heterocycles. The van der Waals surface area contributed by atoms with Crippen LogP contribution in [0.2, 0.25) is 0 Å². The van der Waals surface area contributed by atoms with E-state index in [-0.39, 0.29) is 11.1 Å². The van der Waals surface area contributed by atoms with Gasteiger partial charge in [-0.2, -0.15) is 13.2 Å². The quantitative estimate of drug-likeness (QED) is 0.613. The monoisotopic (exact) mass is 406 g/mol. The van der Waals surface area contributed by atoms with Crippen LogP contribution in [0.5, 0.6) is 0 Å². The predicted molar refractivity (Wildman–Crippen MR) is 91.4 cm³/mol. The molecule has 1 fully saturated rings. The number of morpholine rings is 1. The Balaban J connectivity index is 1.76. The molecular weight excluding hydrogens is 385 g/mol. The number of hydrogen-bond acceptors (Lipinski definition) is 8. The maximum Gasteiger partial charge on any atom is 0.406 e. The zero-order valence-corrected chi connectivity index (χ0v) is 15.7. The molecule has 0 amide bonds. The van der Waals surface area contributed by atoms with Gasteiger partial charge in [0.2, 0.25) is 5.95 Å². The Morgan fingerprint density at radius 1 is 1.15 bits per heavy atom. The number of tetrazole rings is 1. The lowest BCUT2D eigenvalue weighted by molar-refractivity contribution is -0.141. The summed E-state index contributed by atoms with van der Waals surface area (Å²) in [5.41, 5.74) is 0. The molecular formula is C14H21F3N8OS. The van der Waals surface area contributed by atoms with Gasteiger partial charge in [0.05, 0.1) is 19.0 Å². The first-order valence-corrected chi connectivity index (χ1v) is 9.67. The summed E-state index contributed by atoms with van der Waals surface area (Å²) in [6.07, 6.45) is -2.45. The molecule has 0 spiro atoms. The zero-order valence-electron chi connectivity index (χ0n) is 14.9. The first kappa shape index (κ1) is 19.9. The number of unbranched alkanes of at least 4 members (excludes halogenated alkanes) is 1. The van der Waals surface area contributed by atoms with Gasteiger partial charge in [0.25, 0.3) is 0 Å². The Hall–Kier alpha value is -1.89. The molecule has 3 heterocycles. The third-order valence-electron chi connectivity index (χ3n) is 3.99. The molecule has 0 aliphatic carbocycles. The Morgan fingerprint density at radius 3 is 2.63 bits per heavy atom. The molecule has 3 rings (SSSR count). The molecule has 150 valence electrons. The van der Waals surface area contributed by atoms with Crippen LogP contribution in [-0.4, -0.2) is 67.5 Å². The number of hydrogen-bond donors (Lipinski definition) is 0. The van der Waals surface area contributed by atoms with Gasteiger partial charge < -0.3 is 9.64 Å². The first-order chi connectivity index (χ1) is 13.0. The molecule has 0 atom stereocenters. The highest BCUT2D eigenvalue weighted by atomic mass is 32.2. The molecule has 2 aromatic rings. The molecule has 0 bridgehead atoms. The van der Waals surface area contributed by atoms with E-state index in [4.69, 9.17) is 4.74 Å². The molecule has 0 radical (unpaired) electrons. The summed E-state index contributed by atoms with van der Waals surface area (Å²) in [6.45, 7) is 3.46. The number of alkyl halides is 3. The van der Waals surface area contributed by atoms with Gasteiger partial charge in [-0.05, 0) is 16.8 Å². The van der Waals surface area contributed by atoms with E-state index in [2.05, 4.69) is 32.6 Å². The van der Waals surface area contributed by atoms with Crippen molar-refractivity contribution < 1.29 is 17.9 Å². The molecule has 13 heteroatoms. The first-order valence-electron chi connectivity index (χ1n) is 8.68. The van der Waals surface area contributed by atoms with Crippen molar-refractivity contribution in [3.8, 4) is 0 Å². The van der Waals surface area contributed by atoms with Crippen molar-refractivity contribution >= 4 is 17.7 Å². The summed E-state index contributed by atoms with van der Waals surface area (Å²) >= 11 is 1.15. The third-order valence-corrected chi connectivity index (χ3v) is 4.95. The fraction of sp³-hybridized carbons (Fsp3) is 0.786. The fourth-order valence-electron chi connectivity index (χ4n) is 2.64. The van der Waals surface area contributed by atoms with Crippen LogP contribution < -0.4 is 4.90 Å². The average molecular weight is 406 g/mol. The number of ether oxygens (including phenoxy) is 1. The van der Waals surface area contributed by atoms with Crippen LogP contribution in [0.25, 0.3) is 0 Å². The third kappa shape index (κ3) is 5.31.